The molecule has 0 N–H and O–H groups in total. The summed E-state index contributed by atoms with van der Waals surface area (Å²) in [4.78, 5) is 10.1. The third-order valence-electron chi connectivity index (χ3n) is 2.45. The van der Waals surface area contributed by atoms with Crippen molar-refractivity contribution in [3.05, 3.63) is 58.9 Å². The largest absolute Gasteiger partial charge is 0.268 e. The van der Waals surface area contributed by atoms with Gasteiger partial charge in [0.25, 0.3) is 0 Å². The van der Waals surface area contributed by atoms with Crippen molar-refractivity contribution in [3.63, 3.8) is 0 Å². The Kier molecular flexibility index (Phi) is 2.98. The summed E-state index contributed by atoms with van der Waals surface area (Å²) in [6, 6.07) is 14.4. The van der Waals surface area contributed by atoms with E-state index in [1.807, 2.05) is 30.5 Å². The molecule has 3 aromatic rings. The highest BCUT2D eigenvalue weighted by molar-refractivity contribution is 7.71. The molecule has 0 bridgehead atoms. The van der Waals surface area contributed by atoms with Gasteiger partial charge in [0.1, 0.15) is 9.50 Å². The Balaban J connectivity index is 1.99. The van der Waals surface area contributed by atoms with Crippen LogP contribution in [-0.4, -0.2) is 4.98 Å². The van der Waals surface area contributed by atoms with Crippen molar-refractivity contribution in [2.24, 2.45) is 4.99 Å². The van der Waals surface area contributed by atoms with Crippen molar-refractivity contribution >= 4 is 30.9 Å². The minimum Gasteiger partial charge on any atom is -0.268 e. The van der Waals surface area contributed by atoms with Gasteiger partial charge < -0.3 is 0 Å². The lowest BCUT2D eigenvalue weighted by Crippen LogP contribution is -1.95. The summed E-state index contributed by atoms with van der Waals surface area (Å²) in [7, 11) is 3.38. The molecular formula is C13H10N2S2. The summed E-state index contributed by atoms with van der Waals surface area (Å²) in [6.45, 7) is 0.734. The van der Waals surface area contributed by atoms with Gasteiger partial charge in [0.15, 0.2) is 0 Å². The van der Waals surface area contributed by atoms with Gasteiger partial charge in [0, 0.05) is 11.6 Å². The van der Waals surface area contributed by atoms with E-state index in [1.165, 1.54) is 10.9 Å². The van der Waals surface area contributed by atoms with E-state index in [2.05, 4.69) is 28.2 Å². The molecule has 0 aliphatic heterocycles. The molecule has 1 aromatic carbocycles. The van der Waals surface area contributed by atoms with Gasteiger partial charge in [-0.1, -0.05) is 51.0 Å². The van der Waals surface area contributed by atoms with Crippen molar-refractivity contribution in [2.45, 2.75) is 6.54 Å². The van der Waals surface area contributed by atoms with E-state index in [4.69, 9.17) is 0 Å². The lowest BCUT2D eigenvalue weighted by Gasteiger charge is -1.93. The van der Waals surface area contributed by atoms with Gasteiger partial charge in [-0.2, -0.15) is 0 Å². The van der Waals surface area contributed by atoms with Crippen molar-refractivity contribution in [1.82, 2.24) is 4.98 Å². The van der Waals surface area contributed by atoms with E-state index in [0.29, 0.717) is 0 Å². The summed E-state index contributed by atoms with van der Waals surface area (Å²) < 4.78 is 1.09. The van der Waals surface area contributed by atoms with E-state index in [1.54, 1.807) is 20.7 Å². The van der Waals surface area contributed by atoms with Gasteiger partial charge in [-0.25, -0.2) is 4.98 Å². The van der Waals surface area contributed by atoms with Crippen molar-refractivity contribution in [2.75, 3.05) is 0 Å². The van der Waals surface area contributed by atoms with Gasteiger partial charge in [-0.15, -0.1) is 0 Å². The van der Waals surface area contributed by atoms with Crippen molar-refractivity contribution in [3.8, 4) is 0 Å². The number of hydrogen-bond donors (Lipinski definition) is 0. The molecule has 0 amide bonds. The minimum absolute atomic E-state index is 0.734. The van der Waals surface area contributed by atoms with E-state index < -0.39 is 0 Å². The molecule has 0 saturated carbocycles. The Hall–Kier alpha value is -1.52. The van der Waals surface area contributed by atoms with E-state index in [0.717, 1.165) is 16.0 Å². The molecule has 2 nitrogen and oxygen atoms in total. The SMILES string of the molecule is c1ccc(CN=c2ssc3ncccc23)cc1. The van der Waals surface area contributed by atoms with Crippen LogP contribution in [0.3, 0.4) is 0 Å². The van der Waals surface area contributed by atoms with Crippen LogP contribution in [0.25, 0.3) is 10.2 Å². The van der Waals surface area contributed by atoms with Crippen molar-refractivity contribution < 1.29 is 0 Å². The second-order valence-corrected chi connectivity index (χ2v) is 5.74. The quantitative estimate of drug-likeness (QED) is 0.646. The smallest absolute Gasteiger partial charge is 0.136 e. The topological polar surface area (TPSA) is 25.2 Å². The summed E-state index contributed by atoms with van der Waals surface area (Å²) >= 11 is 0. The second kappa shape index (κ2) is 4.77. The fraction of sp³-hybridized carbons (Fsp3) is 0.0769. The number of hydrogen-bond acceptors (Lipinski definition) is 4. The molecule has 0 saturated heterocycles. The standard InChI is InChI=1S/C13H10N2S2/c1-2-5-10(6-3-1)9-15-13-11-7-4-8-14-12(11)16-17-13/h1-8H,9H2. The number of aromatic nitrogens is 1. The van der Waals surface area contributed by atoms with Crippen LogP contribution in [0.2, 0.25) is 0 Å². The van der Waals surface area contributed by atoms with Gasteiger partial charge >= 0.3 is 0 Å². The molecule has 4 heteroatoms. The zero-order valence-electron chi connectivity index (χ0n) is 9.04. The van der Waals surface area contributed by atoms with Crippen LogP contribution in [0.5, 0.6) is 0 Å². The maximum Gasteiger partial charge on any atom is 0.136 e. The number of benzene rings is 1. The molecule has 84 valence electrons. The molecule has 3 rings (SSSR count). The van der Waals surface area contributed by atoms with Gasteiger partial charge in [-0.3, -0.25) is 4.99 Å². The average Bonchev–Trinajstić information content (AvgIpc) is 2.81. The first-order valence-electron chi connectivity index (χ1n) is 5.32. The normalized spacial score (nSPS) is 12.1. The highest BCUT2D eigenvalue weighted by Gasteiger charge is 1.99. The molecule has 0 spiro atoms. The number of nitrogens with zero attached hydrogens (tertiary/aromatic N) is 2. The van der Waals surface area contributed by atoms with Crippen LogP contribution < -0.4 is 4.67 Å². The second-order valence-electron chi connectivity index (χ2n) is 3.63. The first-order chi connectivity index (χ1) is 8.43. The fourth-order valence-corrected chi connectivity index (χ4v) is 3.85. The van der Waals surface area contributed by atoms with Crippen molar-refractivity contribution in [1.29, 1.82) is 0 Å². The first kappa shape index (κ1) is 10.6. The highest BCUT2D eigenvalue weighted by atomic mass is 32.9. The Morgan fingerprint density at radius 3 is 2.76 bits per heavy atom. The average molecular weight is 258 g/mol. The monoisotopic (exact) mass is 258 g/mol. The summed E-state index contributed by atoms with van der Waals surface area (Å²) in [5.74, 6) is 0. The Bertz CT molecular complexity index is 683. The van der Waals surface area contributed by atoms with Crippen LogP contribution in [0, 0.1) is 0 Å². The maximum atomic E-state index is 4.65. The molecular weight excluding hydrogens is 248 g/mol. The first-order valence-corrected chi connectivity index (χ1v) is 7.47. The molecule has 0 atom stereocenters. The molecule has 0 aliphatic carbocycles. The van der Waals surface area contributed by atoms with E-state index in [-0.39, 0.29) is 0 Å². The Morgan fingerprint density at radius 2 is 1.88 bits per heavy atom. The third kappa shape index (κ3) is 2.28. The van der Waals surface area contributed by atoms with Crippen LogP contribution in [0.15, 0.2) is 53.7 Å². The lowest BCUT2D eigenvalue weighted by molar-refractivity contribution is 1.03. The number of fused-ring (bicyclic) bond motifs is 1. The lowest BCUT2D eigenvalue weighted by atomic mass is 10.2. The predicted octanol–water partition coefficient (Wildman–Crippen LogP) is 3.46. The Morgan fingerprint density at radius 1 is 1.00 bits per heavy atom. The summed E-state index contributed by atoms with van der Waals surface area (Å²) in [5.41, 5.74) is 1.24. The fourth-order valence-electron chi connectivity index (χ4n) is 1.60. The number of rotatable bonds is 2. The molecule has 0 unspecified atom stereocenters. The van der Waals surface area contributed by atoms with Crippen LogP contribution in [0.4, 0.5) is 0 Å². The van der Waals surface area contributed by atoms with Gasteiger partial charge in [0.2, 0.25) is 0 Å². The highest BCUT2D eigenvalue weighted by Crippen LogP contribution is 2.17. The van der Waals surface area contributed by atoms with Crippen LogP contribution in [-0.2, 0) is 6.54 Å². The molecule has 2 aromatic heterocycles. The van der Waals surface area contributed by atoms with Gasteiger partial charge in [-0.05, 0) is 17.7 Å². The molecule has 17 heavy (non-hydrogen) atoms. The minimum atomic E-state index is 0.734. The zero-order chi connectivity index (χ0) is 11.5. The number of pyridine rings is 1. The molecule has 0 aliphatic rings. The van der Waals surface area contributed by atoms with Crippen LogP contribution >= 0.6 is 20.7 Å². The van der Waals surface area contributed by atoms with E-state index in [9.17, 15) is 0 Å². The predicted molar refractivity (Wildman–Crippen MR) is 73.2 cm³/mol. The Labute approximate surface area is 106 Å². The maximum absolute atomic E-state index is 4.65. The molecule has 2 heterocycles. The summed E-state index contributed by atoms with van der Waals surface area (Å²) in [5, 5.41) is 1.17. The van der Waals surface area contributed by atoms with Gasteiger partial charge in [0.05, 0.1) is 6.54 Å². The zero-order valence-corrected chi connectivity index (χ0v) is 10.7. The molecule has 0 fully saturated rings. The van der Waals surface area contributed by atoms with Crippen LogP contribution in [0.1, 0.15) is 5.56 Å². The molecule has 0 radical (unpaired) electrons. The third-order valence-corrected chi connectivity index (χ3v) is 4.72. The van der Waals surface area contributed by atoms with E-state index >= 15 is 0 Å². The summed E-state index contributed by atoms with van der Waals surface area (Å²) in [6.07, 6.45) is 1.83.